The smallest absolute Gasteiger partial charge is 0.0455 e. The Morgan fingerprint density at radius 3 is 2.59 bits per heavy atom. The Labute approximate surface area is 106 Å². The minimum Gasteiger partial charge on any atom is -0.398 e. The molecule has 88 valence electrons. The standard InChI is InChI=1S/C14H15ClN2/c1-9-6-7-11(8-13(9)16)17-14-5-3-4-12(15)10(14)2/h3-8,17H,16H2,1-2H3. The number of benzene rings is 2. The molecule has 3 heteroatoms. The lowest BCUT2D eigenvalue weighted by molar-refractivity contribution is 1.41. The van der Waals surface area contributed by atoms with Crippen LogP contribution in [0.5, 0.6) is 0 Å². The highest BCUT2D eigenvalue weighted by molar-refractivity contribution is 6.31. The quantitative estimate of drug-likeness (QED) is 0.776. The van der Waals surface area contributed by atoms with E-state index in [9.17, 15) is 0 Å². The molecule has 0 fully saturated rings. The third kappa shape index (κ3) is 2.53. The third-order valence-corrected chi connectivity index (χ3v) is 3.24. The molecule has 0 spiro atoms. The molecule has 0 radical (unpaired) electrons. The van der Waals surface area contributed by atoms with Crippen molar-refractivity contribution in [3.05, 3.63) is 52.5 Å². The van der Waals surface area contributed by atoms with Gasteiger partial charge in [-0.15, -0.1) is 0 Å². The SMILES string of the molecule is Cc1ccc(Nc2cccc(Cl)c2C)cc1N. The van der Waals surface area contributed by atoms with Crippen molar-refractivity contribution in [3.63, 3.8) is 0 Å². The number of hydrogen-bond acceptors (Lipinski definition) is 2. The number of nitrogens with two attached hydrogens (primary N) is 1. The fourth-order valence-corrected chi connectivity index (χ4v) is 1.79. The van der Waals surface area contributed by atoms with Crippen LogP contribution in [-0.4, -0.2) is 0 Å². The van der Waals surface area contributed by atoms with E-state index in [-0.39, 0.29) is 0 Å². The summed E-state index contributed by atoms with van der Waals surface area (Å²) in [6.45, 7) is 3.98. The number of aryl methyl sites for hydroxylation is 1. The third-order valence-electron chi connectivity index (χ3n) is 2.83. The summed E-state index contributed by atoms with van der Waals surface area (Å²) in [5, 5.41) is 4.08. The molecule has 0 aliphatic carbocycles. The van der Waals surface area contributed by atoms with Crippen LogP contribution in [0.1, 0.15) is 11.1 Å². The molecule has 0 atom stereocenters. The average molecular weight is 247 g/mol. The van der Waals surface area contributed by atoms with E-state index < -0.39 is 0 Å². The normalized spacial score (nSPS) is 10.3. The van der Waals surface area contributed by atoms with Gasteiger partial charge in [0.2, 0.25) is 0 Å². The summed E-state index contributed by atoms with van der Waals surface area (Å²) in [6, 6.07) is 11.7. The molecule has 17 heavy (non-hydrogen) atoms. The highest BCUT2D eigenvalue weighted by Gasteiger charge is 2.03. The summed E-state index contributed by atoms with van der Waals surface area (Å²) in [7, 11) is 0. The van der Waals surface area contributed by atoms with Crippen LogP contribution in [0.2, 0.25) is 5.02 Å². The summed E-state index contributed by atoms with van der Waals surface area (Å²) in [5.41, 5.74) is 10.8. The summed E-state index contributed by atoms with van der Waals surface area (Å²) in [4.78, 5) is 0. The van der Waals surface area contributed by atoms with Gasteiger partial charge in [0.25, 0.3) is 0 Å². The van der Waals surface area contributed by atoms with Crippen LogP contribution >= 0.6 is 11.6 Å². The maximum Gasteiger partial charge on any atom is 0.0455 e. The molecule has 2 rings (SSSR count). The second-order valence-corrected chi connectivity index (χ2v) is 4.52. The van der Waals surface area contributed by atoms with Gasteiger partial charge in [-0.2, -0.15) is 0 Å². The van der Waals surface area contributed by atoms with Crippen LogP contribution in [0.4, 0.5) is 17.1 Å². The highest BCUT2D eigenvalue weighted by atomic mass is 35.5. The van der Waals surface area contributed by atoms with Gasteiger partial charge in [0.1, 0.15) is 0 Å². The van der Waals surface area contributed by atoms with Gasteiger partial charge in [-0.3, -0.25) is 0 Å². The molecular weight excluding hydrogens is 232 g/mol. The second kappa shape index (κ2) is 4.68. The predicted octanol–water partition coefficient (Wildman–Crippen LogP) is 4.28. The summed E-state index contributed by atoms with van der Waals surface area (Å²) >= 11 is 6.07. The van der Waals surface area contributed by atoms with E-state index >= 15 is 0 Å². The summed E-state index contributed by atoms with van der Waals surface area (Å²) in [5.74, 6) is 0. The topological polar surface area (TPSA) is 38.0 Å². The van der Waals surface area contributed by atoms with E-state index in [0.717, 1.165) is 33.2 Å². The maximum atomic E-state index is 6.07. The van der Waals surface area contributed by atoms with Gasteiger partial charge in [-0.1, -0.05) is 23.7 Å². The van der Waals surface area contributed by atoms with Crippen molar-refractivity contribution in [1.29, 1.82) is 0 Å². The van der Waals surface area contributed by atoms with Crippen molar-refractivity contribution in [2.45, 2.75) is 13.8 Å². The van der Waals surface area contributed by atoms with E-state index in [1.54, 1.807) is 0 Å². The van der Waals surface area contributed by atoms with Crippen LogP contribution < -0.4 is 11.1 Å². The molecule has 0 unspecified atom stereocenters. The van der Waals surface area contributed by atoms with Crippen LogP contribution in [0.25, 0.3) is 0 Å². The van der Waals surface area contributed by atoms with Gasteiger partial charge in [0.15, 0.2) is 0 Å². The lowest BCUT2D eigenvalue weighted by atomic mass is 10.1. The minimum atomic E-state index is 0.759. The van der Waals surface area contributed by atoms with Gasteiger partial charge in [0.05, 0.1) is 0 Å². The molecule has 0 bridgehead atoms. The van der Waals surface area contributed by atoms with Crippen LogP contribution in [-0.2, 0) is 0 Å². The van der Waals surface area contributed by atoms with Crippen molar-refractivity contribution in [1.82, 2.24) is 0 Å². The molecule has 0 amide bonds. The fraction of sp³-hybridized carbons (Fsp3) is 0.143. The first-order chi connectivity index (χ1) is 8.08. The number of rotatable bonds is 2. The van der Waals surface area contributed by atoms with Gasteiger partial charge in [-0.25, -0.2) is 0 Å². The molecule has 0 heterocycles. The molecule has 0 aliphatic rings. The van der Waals surface area contributed by atoms with Crippen molar-refractivity contribution in [2.75, 3.05) is 11.1 Å². The average Bonchev–Trinajstić information content (AvgIpc) is 2.30. The van der Waals surface area contributed by atoms with Gasteiger partial charge in [0, 0.05) is 22.1 Å². The molecule has 3 N–H and O–H groups in total. The Bertz CT molecular complexity index is 550. The maximum absolute atomic E-state index is 6.07. The van der Waals surface area contributed by atoms with Gasteiger partial charge < -0.3 is 11.1 Å². The first-order valence-electron chi connectivity index (χ1n) is 5.46. The molecule has 2 nitrogen and oxygen atoms in total. The molecule has 2 aromatic rings. The lowest BCUT2D eigenvalue weighted by Crippen LogP contribution is -1.96. The lowest BCUT2D eigenvalue weighted by Gasteiger charge is -2.11. The Hall–Kier alpha value is -1.67. The van der Waals surface area contributed by atoms with Crippen LogP contribution in [0.15, 0.2) is 36.4 Å². The van der Waals surface area contributed by atoms with Crippen molar-refractivity contribution < 1.29 is 0 Å². The molecule has 2 aromatic carbocycles. The Morgan fingerprint density at radius 1 is 1.12 bits per heavy atom. The van der Waals surface area contributed by atoms with Crippen molar-refractivity contribution in [3.8, 4) is 0 Å². The Balaban J connectivity index is 2.31. The number of hydrogen-bond donors (Lipinski definition) is 2. The molecule has 0 saturated carbocycles. The molecular formula is C14H15ClN2. The number of anilines is 3. The fourth-order valence-electron chi connectivity index (χ4n) is 1.62. The second-order valence-electron chi connectivity index (χ2n) is 4.11. The van der Waals surface area contributed by atoms with E-state index in [4.69, 9.17) is 17.3 Å². The number of halogens is 1. The first-order valence-corrected chi connectivity index (χ1v) is 5.84. The van der Waals surface area contributed by atoms with Crippen LogP contribution in [0, 0.1) is 13.8 Å². The number of nitrogens with one attached hydrogen (secondary N) is 1. The van der Waals surface area contributed by atoms with Crippen LogP contribution in [0.3, 0.4) is 0 Å². The largest absolute Gasteiger partial charge is 0.398 e. The van der Waals surface area contributed by atoms with E-state index in [1.807, 2.05) is 50.2 Å². The van der Waals surface area contributed by atoms with E-state index in [2.05, 4.69) is 5.32 Å². The van der Waals surface area contributed by atoms with E-state index in [0.29, 0.717) is 0 Å². The zero-order valence-electron chi connectivity index (χ0n) is 9.92. The van der Waals surface area contributed by atoms with Gasteiger partial charge in [-0.05, 0) is 49.2 Å². The van der Waals surface area contributed by atoms with Crippen molar-refractivity contribution >= 4 is 28.7 Å². The molecule has 0 aliphatic heterocycles. The Kier molecular flexibility index (Phi) is 3.25. The predicted molar refractivity (Wildman–Crippen MR) is 75.1 cm³/mol. The monoisotopic (exact) mass is 246 g/mol. The van der Waals surface area contributed by atoms with E-state index in [1.165, 1.54) is 0 Å². The minimum absolute atomic E-state index is 0.759. The zero-order chi connectivity index (χ0) is 12.4. The highest BCUT2D eigenvalue weighted by Crippen LogP contribution is 2.27. The number of nitrogen functional groups attached to an aromatic ring is 1. The van der Waals surface area contributed by atoms with Crippen molar-refractivity contribution in [2.24, 2.45) is 0 Å². The molecule has 0 saturated heterocycles. The summed E-state index contributed by atoms with van der Waals surface area (Å²) in [6.07, 6.45) is 0. The zero-order valence-corrected chi connectivity index (χ0v) is 10.7. The summed E-state index contributed by atoms with van der Waals surface area (Å²) < 4.78 is 0. The first kappa shape index (κ1) is 11.8. The van der Waals surface area contributed by atoms with Gasteiger partial charge >= 0.3 is 0 Å². The Morgan fingerprint density at radius 2 is 1.88 bits per heavy atom. The molecule has 0 aromatic heterocycles.